The summed E-state index contributed by atoms with van der Waals surface area (Å²) >= 11 is 0. The summed E-state index contributed by atoms with van der Waals surface area (Å²) in [6.45, 7) is 1.13. The minimum absolute atomic E-state index is 0.744. The van der Waals surface area contributed by atoms with Crippen LogP contribution in [0.4, 0.5) is 11.4 Å². The van der Waals surface area contributed by atoms with E-state index < -0.39 is 0 Å². The van der Waals surface area contributed by atoms with Crippen LogP contribution in [0.15, 0.2) is 18.5 Å². The third-order valence-corrected chi connectivity index (χ3v) is 3.44. The van der Waals surface area contributed by atoms with Gasteiger partial charge in [0, 0.05) is 19.8 Å². The van der Waals surface area contributed by atoms with E-state index in [-0.39, 0.29) is 0 Å². The standard InChI is InChI=1S/C13H21N3/c1-16(10-11-5-3-2-4-6-11)13-7-12(14)8-15-9-13/h7-9,11H,2-6,10,14H2,1H3. The highest BCUT2D eigenvalue weighted by Crippen LogP contribution is 2.25. The molecule has 1 aromatic heterocycles. The maximum absolute atomic E-state index is 5.74. The van der Waals surface area contributed by atoms with Crippen molar-refractivity contribution in [2.24, 2.45) is 5.92 Å². The Labute approximate surface area is 97.7 Å². The van der Waals surface area contributed by atoms with Gasteiger partial charge >= 0.3 is 0 Å². The molecule has 0 spiro atoms. The fourth-order valence-corrected chi connectivity index (χ4v) is 2.52. The Morgan fingerprint density at radius 3 is 2.75 bits per heavy atom. The zero-order valence-electron chi connectivity index (χ0n) is 10.0. The molecule has 0 aliphatic heterocycles. The van der Waals surface area contributed by atoms with Gasteiger partial charge in [0.15, 0.2) is 0 Å². The quantitative estimate of drug-likeness (QED) is 0.850. The highest BCUT2D eigenvalue weighted by atomic mass is 15.1. The molecule has 1 aromatic rings. The Hall–Kier alpha value is -1.25. The minimum atomic E-state index is 0.744. The number of hydrogen-bond acceptors (Lipinski definition) is 3. The van der Waals surface area contributed by atoms with E-state index in [2.05, 4.69) is 16.9 Å². The third kappa shape index (κ3) is 2.87. The predicted octanol–water partition coefficient (Wildman–Crippen LogP) is 2.68. The molecule has 0 bridgehead atoms. The van der Waals surface area contributed by atoms with E-state index >= 15 is 0 Å². The largest absolute Gasteiger partial charge is 0.397 e. The normalized spacial score (nSPS) is 17.3. The van der Waals surface area contributed by atoms with Gasteiger partial charge in [0.1, 0.15) is 0 Å². The predicted molar refractivity (Wildman–Crippen MR) is 68.5 cm³/mol. The van der Waals surface area contributed by atoms with Crippen LogP contribution in [-0.4, -0.2) is 18.6 Å². The Kier molecular flexibility index (Phi) is 3.65. The summed E-state index contributed by atoms with van der Waals surface area (Å²) in [7, 11) is 2.13. The zero-order valence-corrected chi connectivity index (χ0v) is 10.0. The van der Waals surface area contributed by atoms with E-state index in [0.717, 1.165) is 23.8 Å². The van der Waals surface area contributed by atoms with E-state index in [9.17, 15) is 0 Å². The first-order chi connectivity index (χ1) is 7.75. The van der Waals surface area contributed by atoms with Crippen LogP contribution in [0, 0.1) is 5.92 Å². The number of aromatic nitrogens is 1. The lowest BCUT2D eigenvalue weighted by Gasteiger charge is -2.28. The van der Waals surface area contributed by atoms with Crippen molar-refractivity contribution in [1.82, 2.24) is 4.98 Å². The molecule has 0 radical (unpaired) electrons. The first-order valence-corrected chi connectivity index (χ1v) is 6.17. The molecule has 0 aromatic carbocycles. The van der Waals surface area contributed by atoms with Crippen molar-refractivity contribution >= 4 is 11.4 Å². The van der Waals surface area contributed by atoms with E-state index in [4.69, 9.17) is 5.73 Å². The highest BCUT2D eigenvalue weighted by molar-refractivity contribution is 5.52. The molecule has 0 amide bonds. The van der Waals surface area contributed by atoms with Crippen molar-refractivity contribution in [3.63, 3.8) is 0 Å². The molecule has 1 fully saturated rings. The Balaban J connectivity index is 1.94. The molecule has 16 heavy (non-hydrogen) atoms. The van der Waals surface area contributed by atoms with E-state index in [1.165, 1.54) is 32.1 Å². The molecule has 0 atom stereocenters. The molecule has 2 N–H and O–H groups in total. The number of hydrogen-bond donors (Lipinski definition) is 1. The minimum Gasteiger partial charge on any atom is -0.397 e. The molecule has 1 heterocycles. The van der Waals surface area contributed by atoms with Crippen LogP contribution >= 0.6 is 0 Å². The molecule has 0 saturated heterocycles. The topological polar surface area (TPSA) is 42.2 Å². The van der Waals surface area contributed by atoms with Gasteiger partial charge in [0.25, 0.3) is 0 Å². The van der Waals surface area contributed by atoms with Crippen molar-refractivity contribution in [1.29, 1.82) is 0 Å². The summed E-state index contributed by atoms with van der Waals surface area (Å²) < 4.78 is 0. The molecular weight excluding hydrogens is 198 g/mol. The summed E-state index contributed by atoms with van der Waals surface area (Å²) in [5.41, 5.74) is 7.61. The van der Waals surface area contributed by atoms with Gasteiger partial charge in [0.05, 0.1) is 17.6 Å². The van der Waals surface area contributed by atoms with Crippen LogP contribution in [0.25, 0.3) is 0 Å². The number of pyridine rings is 1. The third-order valence-electron chi connectivity index (χ3n) is 3.44. The molecular formula is C13H21N3. The van der Waals surface area contributed by atoms with Gasteiger partial charge in [0.2, 0.25) is 0 Å². The lowest BCUT2D eigenvalue weighted by atomic mass is 9.89. The number of nitrogens with zero attached hydrogens (tertiary/aromatic N) is 2. The smallest absolute Gasteiger partial charge is 0.0570 e. The Morgan fingerprint density at radius 1 is 1.31 bits per heavy atom. The summed E-state index contributed by atoms with van der Waals surface area (Å²) in [6, 6.07) is 2.00. The fourth-order valence-electron chi connectivity index (χ4n) is 2.52. The van der Waals surface area contributed by atoms with Crippen molar-refractivity contribution < 1.29 is 0 Å². The summed E-state index contributed by atoms with van der Waals surface area (Å²) in [6.07, 6.45) is 10.5. The van der Waals surface area contributed by atoms with Crippen molar-refractivity contribution in [3.8, 4) is 0 Å². The maximum Gasteiger partial charge on any atom is 0.0570 e. The molecule has 2 rings (SSSR count). The molecule has 88 valence electrons. The maximum atomic E-state index is 5.74. The number of nitrogen functional groups attached to an aromatic ring is 1. The first kappa shape index (κ1) is 11.2. The van der Waals surface area contributed by atoms with Gasteiger partial charge in [-0.3, -0.25) is 4.98 Å². The molecule has 3 heteroatoms. The van der Waals surface area contributed by atoms with Crippen LogP contribution in [0.5, 0.6) is 0 Å². The lowest BCUT2D eigenvalue weighted by molar-refractivity contribution is 0.362. The molecule has 0 unspecified atom stereocenters. The Bertz CT molecular complexity index is 332. The molecule has 1 aliphatic rings. The molecule has 1 saturated carbocycles. The SMILES string of the molecule is CN(CC1CCCCC1)c1cncc(N)c1. The second-order valence-electron chi connectivity index (χ2n) is 4.86. The van der Waals surface area contributed by atoms with Crippen LogP contribution < -0.4 is 10.6 Å². The van der Waals surface area contributed by atoms with E-state index in [1.54, 1.807) is 6.20 Å². The van der Waals surface area contributed by atoms with Gasteiger partial charge in [-0.2, -0.15) is 0 Å². The Morgan fingerprint density at radius 2 is 2.06 bits per heavy atom. The van der Waals surface area contributed by atoms with Crippen LogP contribution in [0.1, 0.15) is 32.1 Å². The van der Waals surface area contributed by atoms with E-state index in [1.807, 2.05) is 12.3 Å². The zero-order chi connectivity index (χ0) is 11.4. The number of rotatable bonds is 3. The second-order valence-corrected chi connectivity index (χ2v) is 4.86. The van der Waals surface area contributed by atoms with Gasteiger partial charge < -0.3 is 10.6 Å². The fraction of sp³-hybridized carbons (Fsp3) is 0.615. The van der Waals surface area contributed by atoms with Gasteiger partial charge in [-0.25, -0.2) is 0 Å². The van der Waals surface area contributed by atoms with Crippen molar-refractivity contribution in [2.45, 2.75) is 32.1 Å². The van der Waals surface area contributed by atoms with Gasteiger partial charge in [-0.05, 0) is 24.8 Å². The summed E-state index contributed by atoms with van der Waals surface area (Å²) in [5.74, 6) is 0.847. The van der Waals surface area contributed by atoms with Crippen LogP contribution in [0.3, 0.4) is 0 Å². The summed E-state index contributed by atoms with van der Waals surface area (Å²) in [4.78, 5) is 6.41. The first-order valence-electron chi connectivity index (χ1n) is 6.17. The number of anilines is 2. The van der Waals surface area contributed by atoms with Crippen LogP contribution in [-0.2, 0) is 0 Å². The molecule has 1 aliphatic carbocycles. The van der Waals surface area contributed by atoms with E-state index in [0.29, 0.717) is 0 Å². The summed E-state index contributed by atoms with van der Waals surface area (Å²) in [5, 5.41) is 0. The monoisotopic (exact) mass is 219 g/mol. The van der Waals surface area contributed by atoms with Gasteiger partial charge in [-0.1, -0.05) is 19.3 Å². The second kappa shape index (κ2) is 5.19. The van der Waals surface area contributed by atoms with Crippen molar-refractivity contribution in [3.05, 3.63) is 18.5 Å². The van der Waals surface area contributed by atoms with Gasteiger partial charge in [-0.15, -0.1) is 0 Å². The molecule has 3 nitrogen and oxygen atoms in total. The lowest BCUT2D eigenvalue weighted by Crippen LogP contribution is -2.26. The highest BCUT2D eigenvalue weighted by Gasteiger charge is 2.15. The average molecular weight is 219 g/mol. The van der Waals surface area contributed by atoms with Crippen molar-refractivity contribution in [2.75, 3.05) is 24.2 Å². The average Bonchev–Trinajstić information content (AvgIpc) is 2.30. The number of nitrogens with two attached hydrogens (primary N) is 1. The van der Waals surface area contributed by atoms with Crippen LogP contribution in [0.2, 0.25) is 0 Å².